The quantitative estimate of drug-likeness (QED) is 0.0736. The first-order chi connectivity index (χ1) is 24.4. The van der Waals surface area contributed by atoms with Gasteiger partial charge in [-0.1, -0.05) is 66.2 Å². The highest BCUT2D eigenvalue weighted by Crippen LogP contribution is 2.37. The lowest BCUT2D eigenvalue weighted by atomic mass is 9.89. The van der Waals surface area contributed by atoms with Crippen molar-refractivity contribution in [2.45, 2.75) is 59.0 Å². The van der Waals surface area contributed by atoms with Gasteiger partial charge in [-0.05, 0) is 90.4 Å². The van der Waals surface area contributed by atoms with E-state index in [0.717, 1.165) is 50.2 Å². The van der Waals surface area contributed by atoms with Crippen molar-refractivity contribution < 1.29 is 24.5 Å². The smallest absolute Gasteiger partial charge is 0.326 e. The number of carbonyl (C=O) groups is 1. The van der Waals surface area contributed by atoms with Gasteiger partial charge in [0, 0.05) is 49.2 Å². The van der Waals surface area contributed by atoms with Crippen LogP contribution in [0.15, 0.2) is 91.3 Å². The fourth-order valence-electron chi connectivity index (χ4n) is 5.83. The highest BCUT2D eigenvalue weighted by Gasteiger charge is 2.32. The molecule has 51 heavy (non-hydrogen) atoms. The third kappa shape index (κ3) is 8.69. The number of benzene rings is 4. The van der Waals surface area contributed by atoms with Crippen molar-refractivity contribution in [3.05, 3.63) is 130 Å². The van der Waals surface area contributed by atoms with Gasteiger partial charge < -0.3 is 30.7 Å². The Morgan fingerprint density at radius 2 is 1.59 bits per heavy atom. The molecule has 1 aromatic heterocycles. The molecule has 0 aliphatic rings. The summed E-state index contributed by atoms with van der Waals surface area (Å²) in [6.07, 6.45) is 3.43. The summed E-state index contributed by atoms with van der Waals surface area (Å²) < 4.78 is 12.6. The van der Waals surface area contributed by atoms with E-state index < -0.39 is 18.1 Å². The zero-order chi connectivity index (χ0) is 36.7. The number of aliphatic hydroxyl groups excluding tert-OH is 1. The van der Waals surface area contributed by atoms with E-state index in [0.29, 0.717) is 22.1 Å². The average Bonchev–Trinajstić information content (AvgIpc) is 3.13. The van der Waals surface area contributed by atoms with Gasteiger partial charge in [0.25, 0.3) is 0 Å². The van der Waals surface area contributed by atoms with E-state index in [1.165, 1.54) is 12.5 Å². The maximum absolute atomic E-state index is 11.8. The SMILES string of the molecule is CNc1cncc(COc2cc(OCc3cccc(-c4cccc(-c5cccc([C@H](C)N)c5)c4C)c3C)c(Cl)cc2CNC(C)(CO)C(=O)O)c1. The van der Waals surface area contributed by atoms with Crippen LogP contribution in [0.5, 0.6) is 11.5 Å². The molecule has 1 heterocycles. The molecular weight excluding hydrogens is 664 g/mol. The molecule has 5 aromatic rings. The lowest BCUT2D eigenvalue weighted by Crippen LogP contribution is -2.52. The second-order valence-electron chi connectivity index (χ2n) is 12.9. The van der Waals surface area contributed by atoms with Gasteiger partial charge in [-0.15, -0.1) is 0 Å². The number of nitrogens with two attached hydrogens (primary N) is 1. The number of nitrogens with zero attached hydrogens (tertiary/aromatic N) is 1. The van der Waals surface area contributed by atoms with Crippen molar-refractivity contribution in [2.24, 2.45) is 5.73 Å². The maximum atomic E-state index is 11.8. The largest absolute Gasteiger partial charge is 0.488 e. The molecule has 1 unspecified atom stereocenters. The van der Waals surface area contributed by atoms with Crippen molar-refractivity contribution in [2.75, 3.05) is 19.0 Å². The molecule has 4 aromatic carbocycles. The van der Waals surface area contributed by atoms with E-state index in [1.807, 2.05) is 32.2 Å². The Hall–Kier alpha value is -4.93. The zero-order valence-electron chi connectivity index (χ0n) is 29.6. The van der Waals surface area contributed by atoms with Gasteiger partial charge in [0.15, 0.2) is 0 Å². The molecule has 0 aliphatic carbocycles. The van der Waals surface area contributed by atoms with Crippen LogP contribution in [0, 0.1) is 13.8 Å². The number of nitrogens with one attached hydrogen (secondary N) is 2. The summed E-state index contributed by atoms with van der Waals surface area (Å²) in [5.41, 5.74) is 15.8. The van der Waals surface area contributed by atoms with Crippen molar-refractivity contribution >= 4 is 23.3 Å². The number of pyridine rings is 1. The first-order valence-corrected chi connectivity index (χ1v) is 17.1. The highest BCUT2D eigenvalue weighted by molar-refractivity contribution is 6.32. The summed E-state index contributed by atoms with van der Waals surface area (Å²) in [5.74, 6) is -0.311. The Kier molecular flexibility index (Phi) is 12.0. The Morgan fingerprint density at radius 1 is 0.902 bits per heavy atom. The van der Waals surface area contributed by atoms with Gasteiger partial charge >= 0.3 is 5.97 Å². The third-order valence-electron chi connectivity index (χ3n) is 9.23. The molecule has 0 aliphatic heterocycles. The first kappa shape index (κ1) is 37.3. The van der Waals surface area contributed by atoms with Crippen LogP contribution >= 0.6 is 11.6 Å². The predicted molar refractivity (Wildman–Crippen MR) is 203 cm³/mol. The predicted octanol–water partition coefficient (Wildman–Crippen LogP) is 7.83. The van der Waals surface area contributed by atoms with Crippen molar-refractivity contribution in [1.82, 2.24) is 10.3 Å². The Bertz CT molecular complexity index is 2020. The van der Waals surface area contributed by atoms with E-state index in [-0.39, 0.29) is 25.8 Å². The molecule has 10 heteroatoms. The normalized spacial score (nSPS) is 12.9. The molecular formula is C41H45ClN4O5. The topological polar surface area (TPSA) is 139 Å². The molecule has 0 radical (unpaired) electrons. The molecule has 0 fully saturated rings. The van der Waals surface area contributed by atoms with E-state index >= 15 is 0 Å². The number of hydrogen-bond acceptors (Lipinski definition) is 8. The highest BCUT2D eigenvalue weighted by atomic mass is 35.5. The Balaban J connectivity index is 1.42. The van der Waals surface area contributed by atoms with Gasteiger partial charge in [-0.3, -0.25) is 15.1 Å². The number of anilines is 1. The van der Waals surface area contributed by atoms with Gasteiger partial charge in [0.1, 0.15) is 30.3 Å². The molecule has 5 rings (SSSR count). The van der Waals surface area contributed by atoms with Crippen LogP contribution in [-0.2, 0) is 24.6 Å². The fourth-order valence-corrected chi connectivity index (χ4v) is 6.07. The number of carboxylic acid groups (broad SMARTS) is 1. The molecule has 0 saturated carbocycles. The number of aromatic nitrogens is 1. The van der Waals surface area contributed by atoms with Gasteiger partial charge in [0.05, 0.1) is 17.3 Å². The molecule has 0 spiro atoms. The lowest BCUT2D eigenvalue weighted by molar-refractivity contribution is -0.145. The van der Waals surface area contributed by atoms with Crippen molar-refractivity contribution in [1.29, 1.82) is 0 Å². The van der Waals surface area contributed by atoms with E-state index in [1.54, 1.807) is 24.5 Å². The van der Waals surface area contributed by atoms with Crippen LogP contribution in [0.2, 0.25) is 5.02 Å². The second-order valence-corrected chi connectivity index (χ2v) is 13.3. The van der Waals surface area contributed by atoms with E-state index in [9.17, 15) is 15.0 Å². The first-order valence-electron chi connectivity index (χ1n) is 16.8. The number of halogens is 1. The van der Waals surface area contributed by atoms with Crippen LogP contribution in [-0.4, -0.2) is 40.4 Å². The molecule has 0 bridgehead atoms. The minimum atomic E-state index is -1.56. The third-order valence-corrected chi connectivity index (χ3v) is 9.52. The molecule has 0 amide bonds. The van der Waals surface area contributed by atoms with Crippen molar-refractivity contribution in [3.8, 4) is 33.8 Å². The number of hydrogen-bond donors (Lipinski definition) is 5. The molecule has 9 nitrogen and oxygen atoms in total. The summed E-state index contributed by atoms with van der Waals surface area (Å²) in [7, 11) is 1.81. The van der Waals surface area contributed by atoms with E-state index in [2.05, 4.69) is 78.0 Å². The number of rotatable bonds is 15. The average molecular weight is 709 g/mol. The Labute approximate surface area is 304 Å². The van der Waals surface area contributed by atoms with Gasteiger partial charge in [-0.2, -0.15) is 0 Å². The zero-order valence-corrected chi connectivity index (χ0v) is 30.3. The van der Waals surface area contributed by atoms with Gasteiger partial charge in [-0.25, -0.2) is 0 Å². The fraction of sp³-hybridized carbons (Fsp3) is 0.268. The lowest BCUT2D eigenvalue weighted by Gasteiger charge is -2.25. The number of aliphatic hydroxyl groups is 1. The molecule has 266 valence electrons. The summed E-state index contributed by atoms with van der Waals surface area (Å²) in [6, 6.07) is 26.2. The van der Waals surface area contributed by atoms with Crippen LogP contribution < -0.4 is 25.8 Å². The number of aliphatic carboxylic acids is 1. The Morgan fingerprint density at radius 3 is 2.29 bits per heavy atom. The number of carboxylic acids is 1. The van der Waals surface area contributed by atoms with Crippen LogP contribution in [0.3, 0.4) is 0 Å². The van der Waals surface area contributed by atoms with Crippen molar-refractivity contribution in [3.63, 3.8) is 0 Å². The van der Waals surface area contributed by atoms with E-state index in [4.69, 9.17) is 26.8 Å². The van der Waals surface area contributed by atoms with Gasteiger partial charge in [0.2, 0.25) is 0 Å². The summed E-state index contributed by atoms with van der Waals surface area (Å²) >= 11 is 6.76. The molecule has 0 saturated heterocycles. The molecule has 2 atom stereocenters. The maximum Gasteiger partial charge on any atom is 0.326 e. The van der Waals surface area contributed by atoms with Crippen LogP contribution in [0.25, 0.3) is 22.3 Å². The monoisotopic (exact) mass is 708 g/mol. The second kappa shape index (κ2) is 16.4. The standard InChI is InChI=1S/C41H45ClN4O5/c1-25-31(11-7-13-35(25)36-14-8-12-34(26(36)2)30-10-6-9-29(16-30)27(3)43)23-51-39-18-38(50-22-28-15-33(44-5)21-45-19-28)32(17-37(39)42)20-46-41(4,24-47)40(48)49/h6-19,21,27,44,46-47H,20,22-24,43H2,1-5H3,(H,48,49)/t27-,41?/m0/s1. The number of ether oxygens (including phenoxy) is 2. The van der Waals surface area contributed by atoms with Crippen LogP contribution in [0.1, 0.15) is 53.3 Å². The molecule has 6 N–H and O–H groups in total. The summed E-state index contributed by atoms with van der Waals surface area (Å²) in [5, 5.41) is 25.8. The minimum absolute atomic E-state index is 0.0527. The van der Waals surface area contributed by atoms with Crippen LogP contribution in [0.4, 0.5) is 5.69 Å². The summed E-state index contributed by atoms with van der Waals surface area (Å²) in [6.45, 7) is 7.57. The minimum Gasteiger partial charge on any atom is -0.488 e. The summed E-state index contributed by atoms with van der Waals surface area (Å²) in [4.78, 5) is 16.1.